The summed E-state index contributed by atoms with van der Waals surface area (Å²) in [6.45, 7) is 4.65. The van der Waals surface area contributed by atoms with Crippen LogP contribution in [0.3, 0.4) is 0 Å². The minimum atomic E-state index is -0.516. The molecule has 3 amide bonds. The van der Waals surface area contributed by atoms with Crippen LogP contribution in [0.5, 0.6) is 0 Å². The van der Waals surface area contributed by atoms with Gasteiger partial charge in [-0.05, 0) is 29.8 Å². The fraction of sp³-hybridized carbons (Fsp3) is 0.368. The third kappa shape index (κ3) is 6.39. The molecule has 0 atom stereocenters. The van der Waals surface area contributed by atoms with Crippen molar-refractivity contribution in [2.24, 2.45) is 0 Å². The topological polar surface area (TPSA) is 77.8 Å². The lowest BCUT2D eigenvalue weighted by Gasteiger charge is -2.34. The van der Waals surface area contributed by atoms with E-state index in [0.29, 0.717) is 5.76 Å². The van der Waals surface area contributed by atoms with E-state index in [0.717, 1.165) is 37.7 Å². The average molecular weight is 391 g/mol. The van der Waals surface area contributed by atoms with Crippen molar-refractivity contribution >= 4 is 23.5 Å². The van der Waals surface area contributed by atoms with Gasteiger partial charge in [-0.1, -0.05) is 23.7 Å². The van der Waals surface area contributed by atoms with Crippen molar-refractivity contribution in [2.75, 3.05) is 32.7 Å². The van der Waals surface area contributed by atoms with Crippen molar-refractivity contribution < 1.29 is 14.0 Å². The molecule has 8 heteroatoms. The molecule has 1 aromatic carbocycles. The van der Waals surface area contributed by atoms with Gasteiger partial charge < -0.3 is 9.73 Å². The summed E-state index contributed by atoms with van der Waals surface area (Å²) in [5.74, 6) is 0.326. The maximum Gasteiger partial charge on any atom is 0.321 e. The highest BCUT2D eigenvalue weighted by Gasteiger charge is 2.20. The maximum absolute atomic E-state index is 12.0. The first-order chi connectivity index (χ1) is 13.1. The van der Waals surface area contributed by atoms with Gasteiger partial charge in [0.2, 0.25) is 5.91 Å². The number of benzene rings is 1. The number of nitrogens with zero attached hydrogens (tertiary/aromatic N) is 2. The second-order valence-corrected chi connectivity index (χ2v) is 6.93. The van der Waals surface area contributed by atoms with Gasteiger partial charge in [0.1, 0.15) is 5.76 Å². The molecule has 27 heavy (non-hydrogen) atoms. The lowest BCUT2D eigenvalue weighted by atomic mass is 10.2. The Morgan fingerprint density at radius 3 is 2.41 bits per heavy atom. The predicted molar refractivity (Wildman–Crippen MR) is 102 cm³/mol. The van der Waals surface area contributed by atoms with Crippen LogP contribution in [-0.4, -0.2) is 54.5 Å². The van der Waals surface area contributed by atoms with Crippen LogP contribution in [0.2, 0.25) is 5.02 Å². The summed E-state index contributed by atoms with van der Waals surface area (Å²) < 4.78 is 5.12. The number of hydrogen-bond acceptors (Lipinski definition) is 5. The predicted octanol–water partition coefficient (Wildman–Crippen LogP) is 2.08. The molecule has 1 aliphatic rings. The van der Waals surface area contributed by atoms with Crippen molar-refractivity contribution in [3.63, 3.8) is 0 Å². The Bertz CT molecular complexity index is 741. The zero-order valence-electron chi connectivity index (χ0n) is 15.0. The summed E-state index contributed by atoms with van der Waals surface area (Å²) in [5, 5.41) is 5.68. The number of halogens is 1. The molecule has 0 unspecified atom stereocenters. The number of hydrogen-bond donors (Lipinski definition) is 2. The standard InChI is InChI=1S/C19H23ClN4O3/c20-16-5-3-15(4-6-16)13-23-7-9-24(10-8-23)14-18(25)22-19(26)21-12-17-2-1-11-27-17/h1-6,11H,7-10,12-14H2,(H2,21,22,25,26). The summed E-state index contributed by atoms with van der Waals surface area (Å²) in [6.07, 6.45) is 1.53. The second kappa shape index (κ2) is 9.55. The van der Waals surface area contributed by atoms with Crippen molar-refractivity contribution in [3.05, 3.63) is 59.0 Å². The number of amides is 3. The summed E-state index contributed by atoms with van der Waals surface area (Å²) in [4.78, 5) is 28.2. The molecule has 2 heterocycles. The van der Waals surface area contributed by atoms with Crippen molar-refractivity contribution in [3.8, 4) is 0 Å². The molecule has 1 aliphatic heterocycles. The molecule has 2 N–H and O–H groups in total. The van der Waals surface area contributed by atoms with Crippen LogP contribution in [0.25, 0.3) is 0 Å². The molecule has 1 fully saturated rings. The van der Waals surface area contributed by atoms with Crippen molar-refractivity contribution in [1.82, 2.24) is 20.4 Å². The van der Waals surface area contributed by atoms with E-state index in [4.69, 9.17) is 16.0 Å². The Balaban J connectivity index is 1.34. The molecule has 1 aromatic heterocycles. The largest absolute Gasteiger partial charge is 0.467 e. The smallest absolute Gasteiger partial charge is 0.321 e. The summed E-state index contributed by atoms with van der Waals surface area (Å²) >= 11 is 5.91. The Labute approximate surface area is 163 Å². The lowest BCUT2D eigenvalue weighted by Crippen LogP contribution is -2.50. The number of furan rings is 1. The molecule has 0 spiro atoms. The monoisotopic (exact) mass is 390 g/mol. The molecule has 3 rings (SSSR count). The number of urea groups is 1. The molecule has 0 radical (unpaired) electrons. The van der Waals surface area contributed by atoms with Crippen LogP contribution >= 0.6 is 11.6 Å². The molecule has 0 aliphatic carbocycles. The number of piperazine rings is 1. The van der Waals surface area contributed by atoms with Crippen LogP contribution in [0.1, 0.15) is 11.3 Å². The quantitative estimate of drug-likeness (QED) is 0.789. The number of carbonyl (C=O) groups is 2. The highest BCUT2D eigenvalue weighted by molar-refractivity contribution is 6.30. The van der Waals surface area contributed by atoms with Gasteiger partial charge in [0.15, 0.2) is 0 Å². The number of nitrogens with one attached hydrogen (secondary N) is 2. The Hall–Kier alpha value is -2.35. The molecule has 0 bridgehead atoms. The first-order valence-electron chi connectivity index (χ1n) is 8.88. The highest BCUT2D eigenvalue weighted by atomic mass is 35.5. The summed E-state index contributed by atoms with van der Waals surface area (Å²) in [5.41, 5.74) is 1.22. The second-order valence-electron chi connectivity index (χ2n) is 6.49. The molecular weight excluding hydrogens is 368 g/mol. The molecule has 2 aromatic rings. The molecule has 7 nitrogen and oxygen atoms in total. The van der Waals surface area contributed by atoms with E-state index in [9.17, 15) is 9.59 Å². The first kappa shape index (κ1) is 19.4. The van der Waals surface area contributed by atoms with Crippen LogP contribution < -0.4 is 10.6 Å². The SMILES string of the molecule is O=C(CN1CCN(Cc2ccc(Cl)cc2)CC1)NC(=O)NCc1ccco1. The van der Waals surface area contributed by atoms with Gasteiger partial charge in [0, 0.05) is 37.7 Å². The van der Waals surface area contributed by atoms with Gasteiger partial charge in [-0.3, -0.25) is 19.9 Å². The Morgan fingerprint density at radius 2 is 1.74 bits per heavy atom. The van der Waals surface area contributed by atoms with E-state index in [-0.39, 0.29) is 19.0 Å². The Morgan fingerprint density at radius 1 is 1.04 bits per heavy atom. The maximum atomic E-state index is 12.0. The zero-order valence-corrected chi connectivity index (χ0v) is 15.7. The van der Waals surface area contributed by atoms with E-state index in [2.05, 4.69) is 15.5 Å². The molecule has 1 saturated heterocycles. The first-order valence-corrected chi connectivity index (χ1v) is 9.25. The zero-order chi connectivity index (χ0) is 19.1. The summed E-state index contributed by atoms with van der Waals surface area (Å²) in [7, 11) is 0. The number of rotatable bonds is 6. The van der Waals surface area contributed by atoms with E-state index >= 15 is 0 Å². The van der Waals surface area contributed by atoms with Gasteiger partial charge in [-0.25, -0.2) is 4.79 Å². The van der Waals surface area contributed by atoms with Gasteiger partial charge in [0.25, 0.3) is 0 Å². The van der Waals surface area contributed by atoms with Gasteiger partial charge in [0.05, 0.1) is 19.4 Å². The highest BCUT2D eigenvalue weighted by Crippen LogP contribution is 2.12. The van der Waals surface area contributed by atoms with E-state index in [1.165, 1.54) is 11.8 Å². The lowest BCUT2D eigenvalue weighted by molar-refractivity contribution is -0.121. The normalized spacial score (nSPS) is 15.4. The van der Waals surface area contributed by atoms with Gasteiger partial charge >= 0.3 is 6.03 Å². The van der Waals surface area contributed by atoms with Crippen LogP contribution in [0.4, 0.5) is 4.79 Å². The Kier molecular flexibility index (Phi) is 6.86. The van der Waals surface area contributed by atoms with Crippen molar-refractivity contribution in [1.29, 1.82) is 0 Å². The number of imide groups is 1. The van der Waals surface area contributed by atoms with E-state index in [1.807, 2.05) is 29.2 Å². The molecule has 144 valence electrons. The van der Waals surface area contributed by atoms with Crippen molar-refractivity contribution in [2.45, 2.75) is 13.1 Å². The fourth-order valence-electron chi connectivity index (χ4n) is 2.95. The molecular formula is C19H23ClN4O3. The van der Waals surface area contributed by atoms with Crippen LogP contribution in [-0.2, 0) is 17.9 Å². The third-order valence-corrected chi connectivity index (χ3v) is 4.66. The van der Waals surface area contributed by atoms with Gasteiger partial charge in [-0.15, -0.1) is 0 Å². The average Bonchev–Trinajstić information content (AvgIpc) is 3.17. The van der Waals surface area contributed by atoms with Crippen LogP contribution in [0.15, 0.2) is 47.1 Å². The fourth-order valence-corrected chi connectivity index (χ4v) is 3.07. The van der Waals surface area contributed by atoms with E-state index < -0.39 is 6.03 Å². The van der Waals surface area contributed by atoms with Gasteiger partial charge in [-0.2, -0.15) is 0 Å². The minimum absolute atomic E-state index is 0.211. The third-order valence-electron chi connectivity index (χ3n) is 4.41. The van der Waals surface area contributed by atoms with Crippen LogP contribution in [0, 0.1) is 0 Å². The number of carbonyl (C=O) groups excluding carboxylic acids is 2. The minimum Gasteiger partial charge on any atom is -0.467 e. The summed E-state index contributed by atoms with van der Waals surface area (Å²) in [6, 6.07) is 10.8. The molecule has 0 saturated carbocycles. The van der Waals surface area contributed by atoms with E-state index in [1.54, 1.807) is 12.1 Å².